The molecule has 48 heavy (non-hydrogen) atoms. The number of aryl methyl sites for hydroxylation is 1. The molecule has 8 rings (SSSR count). The number of rotatable bonds is 13. The minimum Gasteiger partial charge on any atom is -0.480 e. The van der Waals surface area contributed by atoms with Gasteiger partial charge >= 0.3 is 0 Å². The smallest absolute Gasteiger partial charge is 0.237 e. The van der Waals surface area contributed by atoms with Crippen molar-refractivity contribution in [1.29, 1.82) is 0 Å². The van der Waals surface area contributed by atoms with Crippen LogP contribution in [0.1, 0.15) is 56.3 Å². The number of ether oxygens (including phenoxy) is 3. The number of hydrogen-bond donors (Lipinski definition) is 1. The van der Waals surface area contributed by atoms with Crippen LogP contribution in [0.4, 0.5) is 0 Å². The van der Waals surface area contributed by atoms with Crippen LogP contribution in [-0.2, 0) is 22.5 Å². The van der Waals surface area contributed by atoms with Crippen LogP contribution in [0.2, 0.25) is 10.0 Å². The maximum absolute atomic E-state index is 11.6. The van der Waals surface area contributed by atoms with Gasteiger partial charge in [-0.1, -0.05) is 59.6 Å². The molecular formula is C37H39Cl2N5O4. The molecule has 2 aromatic heterocycles. The highest BCUT2D eigenvalue weighted by atomic mass is 35.5. The minimum atomic E-state index is 0.130. The van der Waals surface area contributed by atoms with E-state index in [0.717, 1.165) is 67.5 Å². The number of carbonyl (C=O) groups excluding carboxylic acids is 1. The number of Topliss-reactive ketones (excluding diaryl/α,β-unsaturated/α-hetero) is 1. The van der Waals surface area contributed by atoms with Crippen LogP contribution in [-0.4, -0.2) is 59.2 Å². The third-order valence-electron chi connectivity index (χ3n) is 10.3. The summed E-state index contributed by atoms with van der Waals surface area (Å²) in [5, 5.41) is 4.40. The number of hydrogen-bond acceptors (Lipinski definition) is 9. The van der Waals surface area contributed by atoms with Crippen molar-refractivity contribution in [3.8, 4) is 45.4 Å². The van der Waals surface area contributed by atoms with Crippen molar-refractivity contribution in [2.45, 2.75) is 63.5 Å². The van der Waals surface area contributed by atoms with Gasteiger partial charge in [0.05, 0.1) is 53.6 Å². The highest BCUT2D eigenvalue weighted by molar-refractivity contribution is 6.39. The van der Waals surface area contributed by atoms with Gasteiger partial charge in [0.2, 0.25) is 11.8 Å². The Hall–Kier alpha value is -3.63. The Kier molecular flexibility index (Phi) is 9.15. The van der Waals surface area contributed by atoms with E-state index >= 15 is 0 Å². The van der Waals surface area contributed by atoms with Crippen molar-refractivity contribution in [1.82, 2.24) is 25.3 Å². The van der Waals surface area contributed by atoms with Crippen molar-refractivity contribution in [3.05, 3.63) is 70.2 Å². The van der Waals surface area contributed by atoms with Crippen LogP contribution >= 0.6 is 23.2 Å². The van der Waals surface area contributed by atoms with E-state index in [-0.39, 0.29) is 5.60 Å². The zero-order chi connectivity index (χ0) is 33.5. The van der Waals surface area contributed by atoms with Gasteiger partial charge < -0.3 is 19.5 Å². The van der Waals surface area contributed by atoms with E-state index < -0.39 is 0 Å². The Balaban J connectivity index is 1.10. The highest BCUT2D eigenvalue weighted by Crippen LogP contribution is 2.70. The molecule has 0 amide bonds. The lowest BCUT2D eigenvalue weighted by Gasteiger charge is -2.70. The molecule has 4 aliphatic rings. The summed E-state index contributed by atoms with van der Waals surface area (Å²) in [6.45, 7) is 1.24. The summed E-state index contributed by atoms with van der Waals surface area (Å²) in [5.41, 5.74) is 6.20. The number of methoxy groups -OCH3 is 3. The Morgan fingerprint density at radius 1 is 0.833 bits per heavy atom. The molecule has 1 N–H and O–H groups in total. The van der Waals surface area contributed by atoms with E-state index in [1.807, 2.05) is 43.5 Å². The highest BCUT2D eigenvalue weighted by Gasteiger charge is 2.67. The van der Waals surface area contributed by atoms with Crippen molar-refractivity contribution in [2.75, 3.05) is 27.9 Å². The molecule has 2 aromatic carbocycles. The summed E-state index contributed by atoms with van der Waals surface area (Å²) in [6.07, 6.45) is 11.0. The first-order valence-corrected chi connectivity index (χ1v) is 17.2. The van der Waals surface area contributed by atoms with Crippen LogP contribution in [0.25, 0.3) is 33.6 Å². The summed E-state index contributed by atoms with van der Waals surface area (Å²) in [4.78, 5) is 30.6. The summed E-state index contributed by atoms with van der Waals surface area (Å²) < 4.78 is 17.0. The number of carbonyl (C=O) groups is 1. The molecule has 4 saturated carbocycles. The largest absolute Gasteiger partial charge is 0.480 e. The van der Waals surface area contributed by atoms with Gasteiger partial charge in [0, 0.05) is 48.8 Å². The van der Waals surface area contributed by atoms with E-state index in [1.165, 1.54) is 0 Å². The fourth-order valence-electron chi connectivity index (χ4n) is 7.77. The second-order valence-electron chi connectivity index (χ2n) is 13.5. The lowest BCUT2D eigenvalue weighted by molar-refractivity contribution is -0.276. The van der Waals surface area contributed by atoms with Crippen LogP contribution < -0.4 is 14.8 Å². The molecule has 0 radical (unpaired) electrons. The fraction of sp³-hybridized carbons (Fsp3) is 0.432. The molecular weight excluding hydrogens is 649 g/mol. The Morgan fingerprint density at radius 2 is 1.40 bits per heavy atom. The van der Waals surface area contributed by atoms with Gasteiger partial charge in [-0.3, -0.25) is 14.8 Å². The maximum atomic E-state index is 11.6. The second kappa shape index (κ2) is 13.3. The number of halogens is 2. The molecule has 4 aromatic rings. The average molecular weight is 689 g/mol. The molecule has 2 bridgehead atoms. The van der Waals surface area contributed by atoms with Crippen LogP contribution in [0.15, 0.2) is 48.8 Å². The third kappa shape index (κ3) is 6.17. The van der Waals surface area contributed by atoms with E-state index in [4.69, 9.17) is 52.4 Å². The van der Waals surface area contributed by atoms with Crippen LogP contribution in [0, 0.1) is 11.3 Å². The topological polar surface area (TPSA) is 108 Å². The van der Waals surface area contributed by atoms with Gasteiger partial charge in [0.25, 0.3) is 0 Å². The van der Waals surface area contributed by atoms with Crippen LogP contribution in [0.5, 0.6) is 11.8 Å². The summed E-state index contributed by atoms with van der Waals surface area (Å²) in [5.74, 6) is 1.64. The predicted molar refractivity (Wildman–Crippen MR) is 185 cm³/mol. The summed E-state index contributed by atoms with van der Waals surface area (Å²) in [6, 6.07) is 11.5. The minimum absolute atomic E-state index is 0.130. The first-order valence-electron chi connectivity index (χ1n) is 16.4. The predicted octanol–water partition coefficient (Wildman–Crippen LogP) is 7.55. The number of aromatic nitrogens is 4. The Bertz CT molecular complexity index is 1850. The van der Waals surface area contributed by atoms with Gasteiger partial charge in [-0.25, -0.2) is 9.97 Å². The molecule has 250 valence electrons. The average Bonchev–Trinajstić information content (AvgIpc) is 3.49. The Labute approximate surface area is 290 Å². The monoisotopic (exact) mass is 687 g/mol. The zero-order valence-corrected chi connectivity index (χ0v) is 29.0. The van der Waals surface area contributed by atoms with E-state index in [0.29, 0.717) is 81.0 Å². The van der Waals surface area contributed by atoms with Crippen molar-refractivity contribution in [3.63, 3.8) is 0 Å². The molecule has 1 atom stereocenters. The molecule has 0 aliphatic heterocycles. The molecule has 9 nitrogen and oxygen atoms in total. The lowest BCUT2D eigenvalue weighted by Crippen LogP contribution is -2.67. The van der Waals surface area contributed by atoms with E-state index in [1.54, 1.807) is 26.6 Å². The third-order valence-corrected chi connectivity index (χ3v) is 11.2. The SMILES string of the molecule is COc1nc(-c2cccc(-c3cccc(-c4cnc(CNC[C@@H]5CCC(=O)C5)c(OC)n4)c3Cl)c2Cl)cnc1CCC12CC(OC)(C1)C2. The maximum Gasteiger partial charge on any atom is 0.237 e. The molecule has 4 aliphatic carbocycles. The van der Waals surface area contributed by atoms with Gasteiger partial charge in [-0.15, -0.1) is 0 Å². The first kappa shape index (κ1) is 32.9. The van der Waals surface area contributed by atoms with Gasteiger partial charge in [-0.2, -0.15) is 0 Å². The van der Waals surface area contributed by atoms with Gasteiger partial charge in [0.15, 0.2) is 0 Å². The fourth-order valence-corrected chi connectivity index (χ4v) is 8.42. The number of nitrogens with zero attached hydrogens (tertiary/aromatic N) is 4. The number of ketones is 1. The molecule has 4 fully saturated rings. The molecule has 0 saturated heterocycles. The van der Waals surface area contributed by atoms with Crippen molar-refractivity contribution < 1.29 is 19.0 Å². The standard InChI is InChI=1S/C37H39Cl2N5O4/c1-46-34-28(12-13-36-19-37(20-36,21-36)48-3)41-17-29(43-34)26-8-4-6-24(32(26)38)25-7-5-9-27(33(25)39)30-18-42-31(35(44-30)47-2)16-40-15-22-10-11-23(45)14-22/h4-9,17-18,22,40H,10-16,19-21H2,1-3H3/t22-,36?,37?/m1/s1. The van der Waals surface area contributed by atoms with E-state index in [9.17, 15) is 4.79 Å². The number of benzene rings is 2. The van der Waals surface area contributed by atoms with Crippen molar-refractivity contribution in [2.24, 2.45) is 11.3 Å². The lowest BCUT2D eigenvalue weighted by atomic mass is 9.40. The van der Waals surface area contributed by atoms with Crippen LogP contribution in [0.3, 0.4) is 0 Å². The Morgan fingerprint density at radius 3 is 1.94 bits per heavy atom. The summed E-state index contributed by atoms with van der Waals surface area (Å²) >= 11 is 14.1. The second-order valence-corrected chi connectivity index (χ2v) is 14.2. The zero-order valence-electron chi connectivity index (χ0n) is 27.4. The van der Waals surface area contributed by atoms with E-state index in [2.05, 4.69) is 10.3 Å². The molecule has 11 heteroatoms. The molecule has 2 heterocycles. The quantitative estimate of drug-likeness (QED) is 0.152. The normalized spacial score (nSPS) is 22.7. The molecule has 0 unspecified atom stereocenters. The van der Waals surface area contributed by atoms with Gasteiger partial charge in [0.1, 0.15) is 17.2 Å². The molecule has 0 spiro atoms. The summed E-state index contributed by atoms with van der Waals surface area (Å²) in [7, 11) is 5.02. The van der Waals surface area contributed by atoms with Gasteiger partial charge in [-0.05, 0) is 56.4 Å². The first-order chi connectivity index (χ1) is 23.3. The van der Waals surface area contributed by atoms with Crippen molar-refractivity contribution >= 4 is 29.0 Å². The number of nitrogens with one attached hydrogen (secondary N) is 1.